The molecule has 0 saturated carbocycles. The van der Waals surface area contributed by atoms with E-state index in [1.165, 1.54) is 11.8 Å². The zero-order chi connectivity index (χ0) is 26.3. The molecule has 196 valence electrons. The summed E-state index contributed by atoms with van der Waals surface area (Å²) < 4.78 is 0. The Kier molecular flexibility index (Phi) is 15.9. The van der Waals surface area contributed by atoms with Crippen LogP contribution < -0.4 is 27.4 Å². The van der Waals surface area contributed by atoms with E-state index >= 15 is 0 Å². The van der Waals surface area contributed by atoms with Crippen LogP contribution in [0.5, 0.6) is 0 Å². The fraction of sp³-hybridized carbons (Fsp3) is 0.762. The van der Waals surface area contributed by atoms with Crippen LogP contribution in [0.4, 0.5) is 0 Å². The van der Waals surface area contributed by atoms with Crippen molar-refractivity contribution in [3.05, 3.63) is 0 Å². The van der Waals surface area contributed by atoms with Gasteiger partial charge in [-0.1, -0.05) is 20.3 Å². The van der Waals surface area contributed by atoms with Gasteiger partial charge in [-0.05, 0) is 50.2 Å². The highest BCUT2D eigenvalue weighted by Crippen LogP contribution is 2.08. The van der Waals surface area contributed by atoms with Crippen LogP contribution in [0.3, 0.4) is 0 Å². The first-order valence-electron chi connectivity index (χ1n) is 11.2. The second kappa shape index (κ2) is 17.1. The number of rotatable bonds is 18. The lowest BCUT2D eigenvalue weighted by atomic mass is 10.0. The van der Waals surface area contributed by atoms with Crippen LogP contribution in [0.15, 0.2) is 0 Å². The fourth-order valence-electron chi connectivity index (χ4n) is 3.00. The van der Waals surface area contributed by atoms with Crippen molar-refractivity contribution >= 4 is 41.4 Å². The summed E-state index contributed by atoms with van der Waals surface area (Å²) in [6.07, 6.45) is 3.07. The van der Waals surface area contributed by atoms with Crippen LogP contribution in [-0.2, 0) is 24.0 Å². The van der Waals surface area contributed by atoms with Crippen LogP contribution in [0, 0.1) is 5.92 Å². The molecule has 9 N–H and O–H groups in total. The van der Waals surface area contributed by atoms with Gasteiger partial charge in [0.2, 0.25) is 17.7 Å². The largest absolute Gasteiger partial charge is 0.481 e. The van der Waals surface area contributed by atoms with Gasteiger partial charge in [-0.3, -0.25) is 19.2 Å². The number of hydrogen-bond acceptors (Lipinski definition) is 8. The second-order valence-corrected chi connectivity index (χ2v) is 9.28. The Hall–Kier alpha value is -2.38. The molecule has 0 heterocycles. The molecule has 0 saturated heterocycles. The van der Waals surface area contributed by atoms with E-state index in [0.717, 1.165) is 0 Å². The number of hydrogen-bond donors (Lipinski definition) is 7. The minimum atomic E-state index is -1.23. The van der Waals surface area contributed by atoms with Gasteiger partial charge in [-0.2, -0.15) is 11.8 Å². The molecule has 4 atom stereocenters. The standard InChI is InChI=1S/C21H39N5O7S/c1-12(2)17(20(31)25-15(21(32)33)9-11-34-3)26-19(30)14(7-8-16(27)28)24-18(29)13(23)6-4-5-10-22/h12-15,17H,4-11,22-23H2,1-3H3,(H,24,29)(H,25,31)(H,26,30)(H,27,28)(H,32,33). The number of carboxylic acid groups (broad SMARTS) is 2. The Balaban J connectivity index is 5.37. The predicted octanol–water partition coefficient (Wildman–Crippen LogP) is -0.744. The normalized spacial score (nSPS) is 14.5. The fourth-order valence-corrected chi connectivity index (χ4v) is 3.47. The average molecular weight is 506 g/mol. The number of carboxylic acids is 2. The highest BCUT2D eigenvalue weighted by Gasteiger charge is 2.32. The molecule has 4 unspecified atom stereocenters. The first kappa shape index (κ1) is 31.6. The van der Waals surface area contributed by atoms with Crippen molar-refractivity contribution in [2.24, 2.45) is 17.4 Å². The molecule has 0 aliphatic heterocycles. The van der Waals surface area contributed by atoms with Crippen molar-refractivity contribution in [1.29, 1.82) is 0 Å². The number of thioether (sulfide) groups is 1. The average Bonchev–Trinajstić information content (AvgIpc) is 2.76. The lowest BCUT2D eigenvalue weighted by Gasteiger charge is -2.27. The van der Waals surface area contributed by atoms with Gasteiger partial charge in [0.05, 0.1) is 6.04 Å². The number of unbranched alkanes of at least 4 members (excludes halogenated alkanes) is 1. The quantitative estimate of drug-likeness (QED) is 0.116. The van der Waals surface area contributed by atoms with E-state index in [0.29, 0.717) is 31.6 Å². The van der Waals surface area contributed by atoms with Gasteiger partial charge in [0.25, 0.3) is 0 Å². The summed E-state index contributed by atoms with van der Waals surface area (Å²) in [6.45, 7) is 3.79. The Bertz CT molecular complexity index is 692. The Morgan fingerprint density at radius 2 is 1.47 bits per heavy atom. The van der Waals surface area contributed by atoms with Crippen molar-refractivity contribution in [3.63, 3.8) is 0 Å². The van der Waals surface area contributed by atoms with Gasteiger partial charge in [0.15, 0.2) is 0 Å². The summed E-state index contributed by atoms with van der Waals surface area (Å²) in [5, 5.41) is 25.8. The van der Waals surface area contributed by atoms with Crippen molar-refractivity contribution in [2.75, 3.05) is 18.6 Å². The molecule has 0 bridgehead atoms. The minimum absolute atomic E-state index is 0.208. The molecule has 0 aliphatic carbocycles. The van der Waals surface area contributed by atoms with Gasteiger partial charge in [0, 0.05) is 6.42 Å². The molecular formula is C21H39N5O7S. The van der Waals surface area contributed by atoms with Crippen molar-refractivity contribution in [1.82, 2.24) is 16.0 Å². The predicted molar refractivity (Wildman–Crippen MR) is 129 cm³/mol. The Morgan fingerprint density at radius 3 is 1.97 bits per heavy atom. The smallest absolute Gasteiger partial charge is 0.326 e. The SMILES string of the molecule is CSCCC(NC(=O)C(NC(=O)C(CCC(=O)O)NC(=O)C(N)CCCCN)C(C)C)C(=O)O. The third-order valence-electron chi connectivity index (χ3n) is 5.06. The van der Waals surface area contributed by atoms with Crippen molar-refractivity contribution in [3.8, 4) is 0 Å². The molecule has 0 aromatic heterocycles. The van der Waals surface area contributed by atoms with Crippen LogP contribution in [0.1, 0.15) is 52.4 Å². The van der Waals surface area contributed by atoms with Gasteiger partial charge in [0.1, 0.15) is 18.1 Å². The van der Waals surface area contributed by atoms with E-state index in [1.54, 1.807) is 13.8 Å². The number of carbonyl (C=O) groups is 5. The summed E-state index contributed by atoms with van der Waals surface area (Å²) in [5.74, 6) is -4.29. The first-order valence-corrected chi connectivity index (χ1v) is 12.6. The molecule has 0 aromatic carbocycles. The van der Waals surface area contributed by atoms with Crippen LogP contribution >= 0.6 is 11.8 Å². The highest BCUT2D eigenvalue weighted by molar-refractivity contribution is 7.98. The van der Waals surface area contributed by atoms with E-state index in [2.05, 4.69) is 16.0 Å². The molecular weight excluding hydrogens is 466 g/mol. The summed E-state index contributed by atoms with van der Waals surface area (Å²) >= 11 is 1.44. The molecule has 3 amide bonds. The molecule has 34 heavy (non-hydrogen) atoms. The van der Waals surface area contributed by atoms with Gasteiger partial charge >= 0.3 is 11.9 Å². The molecule has 0 radical (unpaired) electrons. The van der Waals surface area contributed by atoms with Crippen LogP contribution in [-0.4, -0.2) is 82.6 Å². The summed E-state index contributed by atoms with van der Waals surface area (Å²) in [5.41, 5.74) is 11.3. The minimum Gasteiger partial charge on any atom is -0.481 e. The van der Waals surface area contributed by atoms with Gasteiger partial charge in [-0.25, -0.2) is 4.79 Å². The first-order chi connectivity index (χ1) is 15.9. The summed E-state index contributed by atoms with van der Waals surface area (Å²) in [4.78, 5) is 60.6. The number of nitrogens with one attached hydrogen (secondary N) is 3. The zero-order valence-electron chi connectivity index (χ0n) is 20.0. The Labute approximate surface area is 204 Å². The molecule has 0 spiro atoms. The van der Waals surface area contributed by atoms with E-state index in [1.807, 2.05) is 6.26 Å². The summed E-state index contributed by atoms with van der Waals surface area (Å²) in [7, 11) is 0. The lowest BCUT2D eigenvalue weighted by molar-refractivity contribution is -0.142. The van der Waals surface area contributed by atoms with Crippen molar-refractivity contribution in [2.45, 2.75) is 76.5 Å². The topological polar surface area (TPSA) is 214 Å². The van der Waals surface area contributed by atoms with E-state index in [-0.39, 0.29) is 12.8 Å². The molecule has 0 rings (SSSR count). The Morgan fingerprint density at radius 1 is 0.853 bits per heavy atom. The zero-order valence-corrected chi connectivity index (χ0v) is 20.9. The highest BCUT2D eigenvalue weighted by atomic mass is 32.2. The summed E-state index contributed by atoms with van der Waals surface area (Å²) in [6, 6.07) is -4.34. The molecule has 0 aliphatic rings. The maximum absolute atomic E-state index is 12.9. The van der Waals surface area contributed by atoms with Crippen LogP contribution in [0.2, 0.25) is 0 Å². The number of nitrogens with two attached hydrogens (primary N) is 2. The maximum Gasteiger partial charge on any atom is 0.326 e. The second-order valence-electron chi connectivity index (χ2n) is 8.30. The molecule has 12 nitrogen and oxygen atoms in total. The van der Waals surface area contributed by atoms with Gasteiger partial charge in [-0.15, -0.1) is 0 Å². The maximum atomic E-state index is 12.9. The third kappa shape index (κ3) is 12.8. The molecule has 13 heteroatoms. The number of aliphatic carboxylic acids is 2. The lowest BCUT2D eigenvalue weighted by Crippen LogP contribution is -2.58. The van der Waals surface area contributed by atoms with E-state index in [9.17, 15) is 29.1 Å². The third-order valence-corrected chi connectivity index (χ3v) is 5.70. The van der Waals surface area contributed by atoms with E-state index in [4.69, 9.17) is 16.6 Å². The van der Waals surface area contributed by atoms with Crippen molar-refractivity contribution < 1.29 is 34.2 Å². The molecule has 0 aromatic rings. The number of carbonyl (C=O) groups excluding carboxylic acids is 3. The van der Waals surface area contributed by atoms with E-state index < -0.39 is 66.2 Å². The number of amides is 3. The molecule has 0 fully saturated rings. The van der Waals surface area contributed by atoms with Crippen LogP contribution in [0.25, 0.3) is 0 Å². The monoisotopic (exact) mass is 505 g/mol. The van der Waals surface area contributed by atoms with Gasteiger partial charge < -0.3 is 37.6 Å².